The minimum atomic E-state index is -4.66. The van der Waals surface area contributed by atoms with Gasteiger partial charge in [0.15, 0.2) is 0 Å². The van der Waals surface area contributed by atoms with E-state index in [0.717, 1.165) is 19.1 Å². The van der Waals surface area contributed by atoms with E-state index in [0.29, 0.717) is 0 Å². The number of ether oxygens (including phenoxy) is 1. The number of hydrogen-bond acceptors (Lipinski definition) is 4. The molecule has 0 unspecified atom stereocenters. The van der Waals surface area contributed by atoms with Gasteiger partial charge in [0.05, 0.1) is 16.8 Å². The average molecular weight is 330 g/mol. The van der Waals surface area contributed by atoms with Crippen molar-refractivity contribution in [2.24, 2.45) is 0 Å². The fourth-order valence-electron chi connectivity index (χ4n) is 2.14. The van der Waals surface area contributed by atoms with Gasteiger partial charge in [-0.05, 0) is 45.3 Å². The lowest BCUT2D eigenvalue weighted by molar-refractivity contribution is -0.141. The first-order valence-corrected chi connectivity index (χ1v) is 7.09. The third-order valence-electron chi connectivity index (χ3n) is 4.09. The van der Waals surface area contributed by atoms with E-state index >= 15 is 0 Å². The zero-order valence-corrected chi connectivity index (χ0v) is 13.6. The first-order valence-electron chi connectivity index (χ1n) is 7.09. The highest BCUT2D eigenvalue weighted by Gasteiger charge is 2.52. The highest BCUT2D eigenvalue weighted by atomic mass is 19.4. The van der Waals surface area contributed by atoms with Crippen molar-refractivity contribution in [2.75, 3.05) is 0 Å². The number of carbonyl (C=O) groups excluding carboxylic acids is 1. The summed E-state index contributed by atoms with van der Waals surface area (Å²) in [5.41, 5.74) is -2.15. The Bertz CT molecular complexity index is 610. The normalized spacial score (nSPS) is 19.7. The molecule has 0 radical (unpaired) electrons. The monoisotopic (exact) mass is 330 g/mol. The molecule has 1 aliphatic heterocycles. The second-order valence-electron chi connectivity index (χ2n) is 6.44. The van der Waals surface area contributed by atoms with Crippen LogP contribution in [0.1, 0.15) is 40.2 Å². The van der Waals surface area contributed by atoms with Crippen molar-refractivity contribution in [1.29, 1.82) is 0 Å². The van der Waals surface area contributed by atoms with Gasteiger partial charge in [-0.2, -0.15) is 13.2 Å². The van der Waals surface area contributed by atoms with Gasteiger partial charge >= 0.3 is 19.3 Å². The first-order chi connectivity index (χ1) is 10.3. The summed E-state index contributed by atoms with van der Waals surface area (Å²) in [5.74, 6) is -1.36. The molecule has 1 saturated heterocycles. The number of hydrogen-bond donors (Lipinski definition) is 0. The number of halogens is 3. The minimum absolute atomic E-state index is 0.215. The summed E-state index contributed by atoms with van der Waals surface area (Å²) < 4.78 is 55.7. The molecule has 8 heteroatoms. The molecule has 0 saturated carbocycles. The number of rotatable bonds is 2. The molecular formula is C15H18BF3O4. The molecule has 1 heterocycles. The van der Waals surface area contributed by atoms with Crippen LogP contribution in [-0.4, -0.2) is 24.3 Å². The van der Waals surface area contributed by atoms with Crippen LogP contribution in [0.4, 0.5) is 13.2 Å². The Morgan fingerprint density at radius 2 is 1.65 bits per heavy atom. The maximum Gasteiger partial charge on any atom is 0.494 e. The van der Waals surface area contributed by atoms with Gasteiger partial charge in [-0.3, -0.25) is 4.79 Å². The van der Waals surface area contributed by atoms with Crippen molar-refractivity contribution in [2.45, 2.75) is 52.0 Å². The summed E-state index contributed by atoms with van der Waals surface area (Å²) in [7, 11) is -0.924. The Balaban J connectivity index is 2.41. The quantitative estimate of drug-likeness (QED) is 0.475. The number of carbonyl (C=O) groups is 1. The summed E-state index contributed by atoms with van der Waals surface area (Å²) in [6.45, 7) is 8.29. The van der Waals surface area contributed by atoms with E-state index < -0.39 is 41.8 Å². The fourth-order valence-corrected chi connectivity index (χ4v) is 2.14. The van der Waals surface area contributed by atoms with Crippen LogP contribution in [0.2, 0.25) is 0 Å². The van der Waals surface area contributed by atoms with Crippen molar-refractivity contribution in [1.82, 2.24) is 0 Å². The van der Waals surface area contributed by atoms with Crippen LogP contribution in [0, 0.1) is 0 Å². The molecule has 126 valence electrons. The van der Waals surface area contributed by atoms with Crippen LogP contribution < -0.4 is 10.2 Å². The van der Waals surface area contributed by atoms with Gasteiger partial charge in [-0.1, -0.05) is 6.07 Å². The molecule has 2 rings (SSSR count). The van der Waals surface area contributed by atoms with Crippen molar-refractivity contribution in [3.8, 4) is 5.75 Å². The minimum Gasteiger partial charge on any atom is -0.426 e. The topological polar surface area (TPSA) is 44.8 Å². The third kappa shape index (κ3) is 3.53. The second-order valence-corrected chi connectivity index (χ2v) is 6.44. The van der Waals surface area contributed by atoms with E-state index in [-0.39, 0.29) is 5.46 Å². The molecule has 0 aliphatic carbocycles. The maximum atomic E-state index is 13.2. The Labute approximate surface area is 133 Å². The first kappa shape index (κ1) is 17.8. The highest BCUT2D eigenvalue weighted by Crippen LogP contribution is 2.39. The Morgan fingerprint density at radius 3 is 2.09 bits per heavy atom. The van der Waals surface area contributed by atoms with E-state index in [2.05, 4.69) is 4.74 Å². The van der Waals surface area contributed by atoms with E-state index in [9.17, 15) is 18.0 Å². The van der Waals surface area contributed by atoms with E-state index in [4.69, 9.17) is 9.31 Å². The van der Waals surface area contributed by atoms with Crippen LogP contribution in [0.25, 0.3) is 0 Å². The van der Waals surface area contributed by atoms with Gasteiger partial charge < -0.3 is 14.0 Å². The summed E-state index contributed by atoms with van der Waals surface area (Å²) in [4.78, 5) is 11.0. The van der Waals surface area contributed by atoms with Crippen LogP contribution in [-0.2, 0) is 20.3 Å². The fraction of sp³-hybridized carbons (Fsp3) is 0.533. The second kappa shape index (κ2) is 5.52. The van der Waals surface area contributed by atoms with Crippen LogP contribution in [0.3, 0.4) is 0 Å². The maximum absolute atomic E-state index is 13.2. The molecule has 1 fully saturated rings. The lowest BCUT2D eigenvalue weighted by Gasteiger charge is -2.32. The van der Waals surface area contributed by atoms with E-state index in [1.165, 1.54) is 6.07 Å². The predicted molar refractivity (Wildman–Crippen MR) is 78.5 cm³/mol. The summed E-state index contributed by atoms with van der Waals surface area (Å²) in [5, 5.41) is 0. The number of esters is 1. The number of benzene rings is 1. The Hall–Kier alpha value is -1.54. The summed E-state index contributed by atoms with van der Waals surface area (Å²) >= 11 is 0. The van der Waals surface area contributed by atoms with Crippen molar-refractivity contribution in [3.05, 3.63) is 23.8 Å². The van der Waals surface area contributed by atoms with Crippen molar-refractivity contribution < 1.29 is 32.0 Å². The molecule has 0 atom stereocenters. The molecule has 1 aliphatic rings. The van der Waals surface area contributed by atoms with Gasteiger partial charge in [-0.25, -0.2) is 0 Å². The zero-order chi connectivity index (χ0) is 17.6. The molecule has 0 spiro atoms. The van der Waals surface area contributed by atoms with Crippen LogP contribution >= 0.6 is 0 Å². The van der Waals surface area contributed by atoms with Gasteiger partial charge in [0, 0.05) is 6.92 Å². The standard InChI is InChI=1S/C15H18BF3O4/c1-9(20)21-12-7-6-10(8-11(12)15(17,18)19)16-22-13(2,3)14(4,5)23-16/h6-8H,1-5H3. The van der Waals surface area contributed by atoms with Crippen LogP contribution in [0.15, 0.2) is 18.2 Å². The molecule has 0 N–H and O–H groups in total. The highest BCUT2D eigenvalue weighted by molar-refractivity contribution is 6.62. The Kier molecular flexibility index (Phi) is 4.28. The summed E-state index contributed by atoms with van der Waals surface area (Å²) in [6, 6.07) is 3.39. The van der Waals surface area contributed by atoms with Gasteiger partial charge in [-0.15, -0.1) is 0 Å². The van der Waals surface area contributed by atoms with Crippen molar-refractivity contribution in [3.63, 3.8) is 0 Å². The number of alkyl halides is 3. The SMILES string of the molecule is CC(=O)Oc1ccc(B2OC(C)(C)C(C)(C)O2)cc1C(F)(F)F. The van der Waals surface area contributed by atoms with Gasteiger partial charge in [0.2, 0.25) is 0 Å². The lowest BCUT2D eigenvalue weighted by atomic mass is 9.78. The smallest absolute Gasteiger partial charge is 0.426 e. The zero-order valence-electron chi connectivity index (χ0n) is 13.6. The van der Waals surface area contributed by atoms with E-state index in [1.807, 2.05) is 27.7 Å². The Morgan fingerprint density at radius 1 is 1.13 bits per heavy atom. The molecule has 1 aromatic rings. The molecule has 0 bridgehead atoms. The van der Waals surface area contributed by atoms with Gasteiger partial charge in [0.25, 0.3) is 0 Å². The predicted octanol–water partition coefficient (Wildman–Crippen LogP) is 2.93. The molecule has 4 nitrogen and oxygen atoms in total. The average Bonchev–Trinajstić information content (AvgIpc) is 2.56. The molecular weight excluding hydrogens is 312 g/mol. The van der Waals surface area contributed by atoms with Crippen LogP contribution in [0.5, 0.6) is 5.75 Å². The van der Waals surface area contributed by atoms with Crippen molar-refractivity contribution >= 4 is 18.6 Å². The summed E-state index contributed by atoms with van der Waals surface area (Å²) in [6.07, 6.45) is -4.66. The molecule has 0 aromatic heterocycles. The third-order valence-corrected chi connectivity index (χ3v) is 4.09. The molecule has 23 heavy (non-hydrogen) atoms. The largest absolute Gasteiger partial charge is 0.494 e. The van der Waals surface area contributed by atoms with Gasteiger partial charge in [0.1, 0.15) is 5.75 Å². The molecule has 0 amide bonds. The lowest BCUT2D eigenvalue weighted by Crippen LogP contribution is -2.41. The molecule has 1 aromatic carbocycles. The van der Waals surface area contributed by atoms with E-state index in [1.54, 1.807) is 0 Å².